The zero-order valence-electron chi connectivity index (χ0n) is 11.1. The third-order valence-corrected chi connectivity index (χ3v) is 3.75. The van der Waals surface area contributed by atoms with Gasteiger partial charge in [-0.1, -0.05) is 13.3 Å². The summed E-state index contributed by atoms with van der Waals surface area (Å²) in [6, 6.07) is 0. The maximum atomic E-state index is 11.4. The molecule has 4 heteroatoms. The van der Waals surface area contributed by atoms with Gasteiger partial charge in [-0.15, -0.1) is 0 Å². The first-order valence-electron chi connectivity index (χ1n) is 6.68. The molecule has 0 aliphatic carbocycles. The van der Waals surface area contributed by atoms with E-state index in [0.29, 0.717) is 0 Å². The molecule has 0 aromatic heterocycles. The lowest BCUT2D eigenvalue weighted by atomic mass is 9.75. The fourth-order valence-corrected chi connectivity index (χ4v) is 2.59. The maximum Gasteiger partial charge on any atom is 0.309 e. The van der Waals surface area contributed by atoms with Gasteiger partial charge in [-0.2, -0.15) is 0 Å². The first-order chi connectivity index (χ1) is 8.14. The van der Waals surface area contributed by atoms with E-state index >= 15 is 0 Å². The van der Waals surface area contributed by atoms with Crippen LogP contribution in [-0.2, 0) is 9.53 Å². The molecule has 0 radical (unpaired) electrons. The highest BCUT2D eigenvalue weighted by Crippen LogP contribution is 2.36. The van der Waals surface area contributed by atoms with Gasteiger partial charge in [0.2, 0.25) is 0 Å². The van der Waals surface area contributed by atoms with Crippen molar-refractivity contribution >= 4 is 5.97 Å². The number of piperidine rings is 1. The fraction of sp³-hybridized carbons (Fsp3) is 0.923. The molecule has 1 rings (SSSR count). The van der Waals surface area contributed by atoms with Crippen LogP contribution in [0, 0.1) is 5.41 Å². The van der Waals surface area contributed by atoms with Gasteiger partial charge >= 0.3 is 5.97 Å². The third kappa shape index (κ3) is 3.96. The lowest BCUT2D eigenvalue weighted by Gasteiger charge is -2.38. The SMILES string of the molecule is CCCC1(C(=O)O)CCN(CCOCC)CC1. The molecule has 0 aromatic carbocycles. The van der Waals surface area contributed by atoms with Gasteiger partial charge in [-0.3, -0.25) is 4.79 Å². The Kier molecular flexibility index (Phi) is 5.92. The molecule has 0 unspecified atom stereocenters. The summed E-state index contributed by atoms with van der Waals surface area (Å²) >= 11 is 0. The molecule has 0 saturated carbocycles. The number of hydrogen-bond acceptors (Lipinski definition) is 3. The molecule has 0 spiro atoms. The number of carbonyl (C=O) groups is 1. The Morgan fingerprint density at radius 1 is 1.35 bits per heavy atom. The summed E-state index contributed by atoms with van der Waals surface area (Å²) < 4.78 is 5.33. The van der Waals surface area contributed by atoms with Crippen LogP contribution in [0.5, 0.6) is 0 Å². The second-order valence-electron chi connectivity index (χ2n) is 4.87. The predicted octanol–water partition coefficient (Wildman–Crippen LogP) is 1.99. The van der Waals surface area contributed by atoms with E-state index in [0.717, 1.165) is 58.5 Å². The molecule has 1 aliphatic rings. The van der Waals surface area contributed by atoms with Crippen LogP contribution in [0.3, 0.4) is 0 Å². The molecule has 1 saturated heterocycles. The Morgan fingerprint density at radius 3 is 2.47 bits per heavy atom. The van der Waals surface area contributed by atoms with Crippen LogP contribution >= 0.6 is 0 Å². The van der Waals surface area contributed by atoms with Gasteiger partial charge in [0.1, 0.15) is 0 Å². The van der Waals surface area contributed by atoms with Gasteiger partial charge in [-0.25, -0.2) is 0 Å². The van der Waals surface area contributed by atoms with Crippen LogP contribution in [0.1, 0.15) is 39.5 Å². The van der Waals surface area contributed by atoms with Crippen molar-refractivity contribution in [2.24, 2.45) is 5.41 Å². The topological polar surface area (TPSA) is 49.8 Å². The minimum atomic E-state index is -0.608. The average Bonchev–Trinajstić information content (AvgIpc) is 2.32. The Labute approximate surface area is 104 Å². The molecule has 0 amide bonds. The average molecular weight is 243 g/mol. The van der Waals surface area contributed by atoms with E-state index in [1.165, 1.54) is 0 Å². The Bertz CT molecular complexity index is 235. The molecule has 4 nitrogen and oxygen atoms in total. The number of nitrogens with zero attached hydrogens (tertiary/aromatic N) is 1. The van der Waals surface area contributed by atoms with Crippen LogP contribution in [0.25, 0.3) is 0 Å². The smallest absolute Gasteiger partial charge is 0.309 e. The minimum Gasteiger partial charge on any atom is -0.481 e. The van der Waals surface area contributed by atoms with E-state index < -0.39 is 11.4 Å². The monoisotopic (exact) mass is 243 g/mol. The van der Waals surface area contributed by atoms with E-state index in [-0.39, 0.29) is 0 Å². The fourth-order valence-electron chi connectivity index (χ4n) is 2.59. The van der Waals surface area contributed by atoms with Crippen molar-refractivity contribution in [1.29, 1.82) is 0 Å². The molecule has 1 aliphatic heterocycles. The lowest BCUT2D eigenvalue weighted by molar-refractivity contribution is -0.152. The van der Waals surface area contributed by atoms with Crippen LogP contribution in [0.15, 0.2) is 0 Å². The van der Waals surface area contributed by atoms with Crippen molar-refractivity contribution < 1.29 is 14.6 Å². The van der Waals surface area contributed by atoms with Crippen molar-refractivity contribution in [2.75, 3.05) is 32.8 Å². The van der Waals surface area contributed by atoms with E-state index in [9.17, 15) is 9.90 Å². The van der Waals surface area contributed by atoms with Crippen LogP contribution in [-0.4, -0.2) is 48.8 Å². The second-order valence-corrected chi connectivity index (χ2v) is 4.87. The minimum absolute atomic E-state index is 0.461. The predicted molar refractivity (Wildman–Crippen MR) is 67.1 cm³/mol. The first-order valence-corrected chi connectivity index (χ1v) is 6.68. The Hall–Kier alpha value is -0.610. The molecule has 1 heterocycles. The van der Waals surface area contributed by atoms with Crippen LogP contribution in [0.2, 0.25) is 0 Å². The van der Waals surface area contributed by atoms with Gasteiger partial charge in [0.05, 0.1) is 12.0 Å². The lowest BCUT2D eigenvalue weighted by Crippen LogP contribution is -2.45. The summed E-state index contributed by atoms with van der Waals surface area (Å²) in [6.45, 7) is 8.26. The summed E-state index contributed by atoms with van der Waals surface area (Å²) in [5.74, 6) is -0.608. The molecular weight excluding hydrogens is 218 g/mol. The van der Waals surface area contributed by atoms with E-state index in [2.05, 4.69) is 11.8 Å². The molecule has 100 valence electrons. The molecule has 0 bridgehead atoms. The maximum absolute atomic E-state index is 11.4. The Balaban J connectivity index is 2.39. The van der Waals surface area contributed by atoms with Gasteiger partial charge in [-0.05, 0) is 39.3 Å². The number of hydrogen-bond donors (Lipinski definition) is 1. The van der Waals surface area contributed by atoms with Crippen molar-refractivity contribution in [2.45, 2.75) is 39.5 Å². The van der Waals surface area contributed by atoms with Gasteiger partial charge in [0.25, 0.3) is 0 Å². The summed E-state index contributed by atoms with van der Waals surface area (Å²) in [5, 5.41) is 9.38. The van der Waals surface area contributed by atoms with Crippen molar-refractivity contribution in [3.05, 3.63) is 0 Å². The molecule has 0 aromatic rings. The number of likely N-dealkylation sites (tertiary alicyclic amines) is 1. The molecule has 1 N–H and O–H groups in total. The van der Waals surface area contributed by atoms with Crippen LogP contribution in [0.4, 0.5) is 0 Å². The van der Waals surface area contributed by atoms with Crippen LogP contribution < -0.4 is 0 Å². The summed E-state index contributed by atoms with van der Waals surface area (Å²) in [4.78, 5) is 13.7. The molecular formula is C13H25NO3. The van der Waals surface area contributed by atoms with Crippen molar-refractivity contribution in [1.82, 2.24) is 4.90 Å². The quantitative estimate of drug-likeness (QED) is 0.695. The van der Waals surface area contributed by atoms with Gasteiger partial charge in [0, 0.05) is 13.2 Å². The highest BCUT2D eigenvalue weighted by atomic mass is 16.5. The normalized spacial score (nSPS) is 20.4. The van der Waals surface area contributed by atoms with Crippen molar-refractivity contribution in [3.8, 4) is 0 Å². The van der Waals surface area contributed by atoms with Gasteiger partial charge < -0.3 is 14.7 Å². The van der Waals surface area contributed by atoms with Gasteiger partial charge in [0.15, 0.2) is 0 Å². The number of aliphatic carboxylic acids is 1. The highest BCUT2D eigenvalue weighted by molar-refractivity contribution is 5.74. The molecule has 0 atom stereocenters. The van der Waals surface area contributed by atoms with Crippen molar-refractivity contribution in [3.63, 3.8) is 0 Å². The first kappa shape index (κ1) is 14.5. The highest BCUT2D eigenvalue weighted by Gasteiger charge is 2.40. The second kappa shape index (κ2) is 6.97. The summed E-state index contributed by atoms with van der Waals surface area (Å²) in [7, 11) is 0. The number of ether oxygens (including phenoxy) is 1. The zero-order chi connectivity index (χ0) is 12.7. The standard InChI is InChI=1S/C13H25NO3/c1-3-5-13(12(15)16)6-8-14(9-7-13)10-11-17-4-2/h3-11H2,1-2H3,(H,15,16). The largest absolute Gasteiger partial charge is 0.481 e. The number of carboxylic acid groups (broad SMARTS) is 1. The number of rotatable bonds is 7. The van der Waals surface area contributed by atoms with E-state index in [4.69, 9.17) is 4.74 Å². The Morgan fingerprint density at radius 2 is 2.00 bits per heavy atom. The summed E-state index contributed by atoms with van der Waals surface area (Å²) in [6.07, 6.45) is 3.32. The molecule has 17 heavy (non-hydrogen) atoms. The zero-order valence-corrected chi connectivity index (χ0v) is 11.1. The third-order valence-electron chi connectivity index (χ3n) is 3.75. The molecule has 1 fully saturated rings. The van der Waals surface area contributed by atoms with E-state index in [1.807, 2.05) is 6.92 Å². The summed E-state index contributed by atoms with van der Waals surface area (Å²) in [5.41, 5.74) is -0.461. The van der Waals surface area contributed by atoms with E-state index in [1.54, 1.807) is 0 Å². The number of carboxylic acids is 1.